The smallest absolute Gasteiger partial charge is 0.246 e. The number of halogens is 2. The van der Waals surface area contributed by atoms with Crippen LogP contribution in [0.4, 0.5) is 11.5 Å². The molecule has 0 aliphatic carbocycles. The zero-order valence-electron chi connectivity index (χ0n) is 26.5. The lowest BCUT2D eigenvalue weighted by Gasteiger charge is -2.21. The SMILES string of the molecule is Cc1ccc2cccc(OCc3c(Cl)ccc(N(C)C(=O)CNC(=O)/C=C/c4ccc(NC(=O)Cc5cccnc5C)nc4)c3Cl)c2n1. The molecule has 12 heteroatoms. The molecule has 2 aromatic carbocycles. The third kappa shape index (κ3) is 8.52. The molecule has 3 amide bonds. The highest BCUT2D eigenvalue weighted by Gasteiger charge is 2.19. The van der Waals surface area contributed by atoms with Gasteiger partial charge in [0.05, 0.1) is 23.7 Å². The lowest BCUT2D eigenvalue weighted by Crippen LogP contribution is -2.37. The number of amides is 3. The summed E-state index contributed by atoms with van der Waals surface area (Å²) in [6, 6.07) is 19.8. The molecular weight excluding hydrogens is 651 g/mol. The highest BCUT2D eigenvalue weighted by molar-refractivity contribution is 6.38. The Labute approximate surface area is 287 Å². The topological polar surface area (TPSA) is 126 Å². The fraction of sp³-hybridized carbons (Fsp3) is 0.167. The molecular formula is C36H32Cl2N6O4. The maximum Gasteiger partial charge on any atom is 0.246 e. The maximum absolute atomic E-state index is 13.0. The number of carbonyl (C=O) groups excluding carboxylic acids is 3. The van der Waals surface area contributed by atoms with Crippen molar-refractivity contribution in [1.82, 2.24) is 20.3 Å². The fourth-order valence-electron chi connectivity index (χ4n) is 4.75. The van der Waals surface area contributed by atoms with Crippen LogP contribution >= 0.6 is 23.2 Å². The van der Waals surface area contributed by atoms with Crippen molar-refractivity contribution in [2.45, 2.75) is 26.9 Å². The quantitative estimate of drug-likeness (QED) is 0.152. The van der Waals surface area contributed by atoms with Gasteiger partial charge in [0.25, 0.3) is 0 Å². The summed E-state index contributed by atoms with van der Waals surface area (Å²) in [5, 5.41) is 6.91. The van der Waals surface area contributed by atoms with Crippen LogP contribution in [0.25, 0.3) is 17.0 Å². The van der Waals surface area contributed by atoms with E-state index in [1.165, 1.54) is 17.2 Å². The van der Waals surface area contributed by atoms with Crippen LogP contribution in [0.5, 0.6) is 5.75 Å². The first kappa shape index (κ1) is 34.0. The van der Waals surface area contributed by atoms with Gasteiger partial charge < -0.3 is 20.3 Å². The fourth-order valence-corrected chi connectivity index (χ4v) is 5.36. The van der Waals surface area contributed by atoms with Crippen LogP contribution < -0.4 is 20.3 Å². The summed E-state index contributed by atoms with van der Waals surface area (Å²) in [5.74, 6) is -0.123. The first-order chi connectivity index (χ1) is 23.1. The number of rotatable bonds is 11. The monoisotopic (exact) mass is 682 g/mol. The molecule has 48 heavy (non-hydrogen) atoms. The molecule has 0 saturated carbocycles. The number of nitrogens with one attached hydrogen (secondary N) is 2. The number of fused-ring (bicyclic) bond motifs is 1. The lowest BCUT2D eigenvalue weighted by molar-refractivity contribution is -0.122. The number of aromatic nitrogens is 3. The van der Waals surface area contributed by atoms with E-state index in [1.54, 1.807) is 49.7 Å². The molecule has 3 aromatic heterocycles. The Kier molecular flexibility index (Phi) is 11.0. The van der Waals surface area contributed by atoms with Gasteiger partial charge in [-0.05, 0) is 73.5 Å². The van der Waals surface area contributed by atoms with Gasteiger partial charge >= 0.3 is 0 Å². The summed E-state index contributed by atoms with van der Waals surface area (Å²) >= 11 is 13.2. The number of ether oxygens (including phenoxy) is 1. The molecule has 0 saturated heterocycles. The summed E-state index contributed by atoms with van der Waals surface area (Å²) < 4.78 is 6.08. The number of carbonyl (C=O) groups is 3. The van der Waals surface area contributed by atoms with E-state index < -0.39 is 11.8 Å². The average Bonchev–Trinajstić information content (AvgIpc) is 3.07. The van der Waals surface area contributed by atoms with Crippen molar-refractivity contribution in [3.8, 4) is 5.75 Å². The van der Waals surface area contributed by atoms with Gasteiger partial charge in [-0.3, -0.25) is 19.4 Å². The summed E-state index contributed by atoms with van der Waals surface area (Å²) in [6.07, 6.45) is 6.23. The van der Waals surface area contributed by atoms with E-state index in [0.717, 1.165) is 27.9 Å². The number of hydrogen-bond acceptors (Lipinski definition) is 7. The van der Waals surface area contributed by atoms with Crippen molar-refractivity contribution < 1.29 is 19.1 Å². The molecule has 0 unspecified atom stereocenters. The molecule has 10 nitrogen and oxygen atoms in total. The van der Waals surface area contributed by atoms with Crippen LogP contribution in [0.3, 0.4) is 0 Å². The molecule has 0 radical (unpaired) electrons. The highest BCUT2D eigenvalue weighted by Crippen LogP contribution is 2.35. The van der Waals surface area contributed by atoms with Crippen molar-refractivity contribution in [1.29, 1.82) is 0 Å². The Morgan fingerprint density at radius 3 is 2.56 bits per heavy atom. The van der Waals surface area contributed by atoms with Gasteiger partial charge in [-0.2, -0.15) is 0 Å². The largest absolute Gasteiger partial charge is 0.487 e. The first-order valence-corrected chi connectivity index (χ1v) is 15.7. The van der Waals surface area contributed by atoms with E-state index >= 15 is 0 Å². The van der Waals surface area contributed by atoms with Gasteiger partial charge in [-0.25, -0.2) is 9.97 Å². The zero-order chi connectivity index (χ0) is 34.2. The molecule has 0 aliphatic heterocycles. The molecule has 0 atom stereocenters. The Hall–Kier alpha value is -5.32. The van der Waals surface area contributed by atoms with Crippen LogP contribution in [0, 0.1) is 13.8 Å². The molecule has 0 fully saturated rings. The predicted octanol–water partition coefficient (Wildman–Crippen LogP) is 6.50. The lowest BCUT2D eigenvalue weighted by atomic mass is 10.1. The molecule has 5 rings (SSSR count). The first-order valence-electron chi connectivity index (χ1n) is 14.9. The van der Waals surface area contributed by atoms with Crippen molar-refractivity contribution in [3.63, 3.8) is 0 Å². The summed E-state index contributed by atoms with van der Waals surface area (Å²) in [4.78, 5) is 52.2. The molecule has 3 heterocycles. The van der Waals surface area contributed by atoms with Crippen molar-refractivity contribution in [3.05, 3.63) is 123 Å². The van der Waals surface area contributed by atoms with Gasteiger partial charge in [0, 0.05) is 52.9 Å². The van der Waals surface area contributed by atoms with Crippen molar-refractivity contribution in [2.75, 3.05) is 23.8 Å². The van der Waals surface area contributed by atoms with E-state index in [0.29, 0.717) is 33.4 Å². The second kappa shape index (κ2) is 15.5. The summed E-state index contributed by atoms with van der Waals surface area (Å²) in [6.45, 7) is 3.54. The van der Waals surface area contributed by atoms with Gasteiger partial charge in [0.2, 0.25) is 17.7 Å². The van der Waals surface area contributed by atoms with Gasteiger partial charge in [0.1, 0.15) is 23.7 Å². The highest BCUT2D eigenvalue weighted by atomic mass is 35.5. The van der Waals surface area contributed by atoms with Crippen molar-refractivity contribution in [2.24, 2.45) is 0 Å². The molecule has 0 spiro atoms. The Morgan fingerprint density at radius 1 is 0.958 bits per heavy atom. The number of aryl methyl sites for hydroxylation is 2. The summed E-state index contributed by atoms with van der Waals surface area (Å²) in [5.41, 5.74) is 4.77. The van der Waals surface area contributed by atoms with E-state index in [2.05, 4.69) is 25.6 Å². The third-order valence-electron chi connectivity index (χ3n) is 7.46. The van der Waals surface area contributed by atoms with Crippen LogP contribution in [0.2, 0.25) is 10.0 Å². The van der Waals surface area contributed by atoms with Gasteiger partial charge in [-0.1, -0.05) is 47.5 Å². The number of nitrogens with zero attached hydrogens (tertiary/aromatic N) is 4. The minimum atomic E-state index is -0.476. The van der Waals surface area contributed by atoms with Gasteiger partial charge in [0.15, 0.2) is 0 Å². The molecule has 0 bridgehead atoms. The Bertz CT molecular complexity index is 2020. The number of para-hydroxylation sites is 1. The Balaban J connectivity index is 1.14. The normalized spacial score (nSPS) is 11.0. The minimum Gasteiger partial charge on any atom is -0.487 e. The Morgan fingerprint density at radius 2 is 1.79 bits per heavy atom. The van der Waals surface area contributed by atoms with Gasteiger partial charge in [-0.15, -0.1) is 0 Å². The van der Waals surface area contributed by atoms with E-state index in [-0.39, 0.29) is 30.5 Å². The molecule has 2 N–H and O–H groups in total. The number of benzene rings is 2. The van der Waals surface area contributed by atoms with Crippen LogP contribution in [-0.4, -0.2) is 46.3 Å². The van der Waals surface area contributed by atoms with Crippen LogP contribution in [-0.2, 0) is 27.4 Å². The second-order valence-electron chi connectivity index (χ2n) is 10.9. The number of likely N-dealkylation sites (N-methyl/N-ethyl adjacent to an activating group) is 1. The van der Waals surface area contributed by atoms with E-state index in [4.69, 9.17) is 27.9 Å². The zero-order valence-corrected chi connectivity index (χ0v) is 28.0. The maximum atomic E-state index is 13.0. The minimum absolute atomic E-state index is 0.0527. The predicted molar refractivity (Wildman–Crippen MR) is 188 cm³/mol. The summed E-state index contributed by atoms with van der Waals surface area (Å²) in [7, 11) is 1.56. The second-order valence-corrected chi connectivity index (χ2v) is 11.7. The van der Waals surface area contributed by atoms with Crippen LogP contribution in [0.15, 0.2) is 85.2 Å². The van der Waals surface area contributed by atoms with E-state index in [1.807, 2.05) is 50.2 Å². The van der Waals surface area contributed by atoms with E-state index in [9.17, 15) is 14.4 Å². The van der Waals surface area contributed by atoms with Crippen LogP contribution in [0.1, 0.15) is 28.1 Å². The average molecular weight is 684 g/mol. The molecule has 0 aliphatic rings. The molecule has 244 valence electrons. The third-order valence-corrected chi connectivity index (χ3v) is 8.23. The number of pyridine rings is 3. The van der Waals surface area contributed by atoms with Crippen molar-refractivity contribution >= 4 is 69.4 Å². The number of hydrogen-bond donors (Lipinski definition) is 2. The standard InChI is InChI=1S/C36H32Cl2N6O4/c1-22-9-12-25-6-4-8-30(36(25)42-22)48-21-27-28(37)13-14-29(35(27)38)44(3)34(47)20-41-32(45)16-11-24-10-15-31(40-19-24)43-33(46)18-26-7-5-17-39-23(26)2/h4-17,19H,18,20-21H2,1-3H3,(H,41,45)(H,40,43,46)/b16-11+. The molecule has 5 aromatic rings. The number of anilines is 2.